The van der Waals surface area contributed by atoms with Gasteiger partial charge in [0.25, 0.3) is 0 Å². The minimum absolute atomic E-state index is 0.0940. The number of anilines is 2. The number of nitrogens with one attached hydrogen (secondary N) is 3. The third-order valence-corrected chi connectivity index (χ3v) is 8.09. The summed E-state index contributed by atoms with van der Waals surface area (Å²) in [7, 11) is 0. The van der Waals surface area contributed by atoms with E-state index in [-0.39, 0.29) is 24.2 Å². The Balaban J connectivity index is 1.19. The molecule has 1 saturated heterocycles. The number of rotatable bonds is 9. The topological polar surface area (TPSA) is 114 Å². The molecule has 0 amide bonds. The summed E-state index contributed by atoms with van der Waals surface area (Å²) in [5.74, 6) is 0.655. The van der Waals surface area contributed by atoms with Crippen LogP contribution in [0.4, 0.5) is 11.6 Å². The molecule has 1 aliphatic heterocycles. The smallest absolute Gasteiger partial charge is 0.323 e. The number of hydrogen-bond acceptors (Lipinski definition) is 8. The molecule has 1 aliphatic carbocycles. The number of carbonyl (C=O) groups excluding carboxylic acids is 1. The van der Waals surface area contributed by atoms with E-state index < -0.39 is 0 Å². The first-order chi connectivity index (χ1) is 19.0. The molecule has 2 fully saturated rings. The second-order valence-electron chi connectivity index (χ2n) is 10.2. The van der Waals surface area contributed by atoms with Gasteiger partial charge in [0.2, 0.25) is 0 Å². The quantitative estimate of drug-likeness (QED) is 0.256. The van der Waals surface area contributed by atoms with Crippen LogP contribution in [0, 0.1) is 0 Å². The van der Waals surface area contributed by atoms with E-state index in [1.165, 1.54) is 0 Å². The Hall–Kier alpha value is -2.91. The zero-order valence-corrected chi connectivity index (χ0v) is 23.3. The first kappa shape index (κ1) is 27.6. The van der Waals surface area contributed by atoms with Gasteiger partial charge in [0.15, 0.2) is 11.6 Å². The zero-order valence-electron chi connectivity index (χ0n) is 21.8. The van der Waals surface area contributed by atoms with Crippen LogP contribution < -0.4 is 21.7 Å². The van der Waals surface area contributed by atoms with Crippen molar-refractivity contribution in [3.8, 4) is 11.3 Å². The lowest BCUT2D eigenvalue weighted by molar-refractivity contribution is -0.152. The van der Waals surface area contributed by atoms with Crippen LogP contribution >= 0.6 is 23.2 Å². The summed E-state index contributed by atoms with van der Waals surface area (Å²) in [6.45, 7) is 1.84. The second kappa shape index (κ2) is 13.0. The van der Waals surface area contributed by atoms with Crippen LogP contribution in [-0.2, 0) is 22.6 Å². The van der Waals surface area contributed by atoms with E-state index in [0.717, 1.165) is 61.8 Å². The van der Waals surface area contributed by atoms with Crippen molar-refractivity contribution in [2.45, 2.75) is 69.8 Å². The van der Waals surface area contributed by atoms with Crippen molar-refractivity contribution in [2.24, 2.45) is 0 Å². The number of aromatic nitrogens is 2. The summed E-state index contributed by atoms with van der Waals surface area (Å²) in [6.07, 6.45) is 7.72. The van der Waals surface area contributed by atoms with Crippen molar-refractivity contribution in [1.82, 2.24) is 20.6 Å². The lowest BCUT2D eigenvalue weighted by Crippen LogP contribution is -2.50. The molecule has 8 nitrogen and oxygen atoms in total. The van der Waals surface area contributed by atoms with E-state index in [1.54, 1.807) is 24.4 Å². The van der Waals surface area contributed by atoms with E-state index in [0.29, 0.717) is 40.5 Å². The molecule has 0 spiro atoms. The van der Waals surface area contributed by atoms with E-state index >= 15 is 0 Å². The van der Waals surface area contributed by atoms with Gasteiger partial charge in [0.1, 0.15) is 12.1 Å². The van der Waals surface area contributed by atoms with Gasteiger partial charge in [-0.05, 0) is 68.8 Å². The highest BCUT2D eigenvalue weighted by Crippen LogP contribution is 2.27. The SMILES string of the molecule is Nc1ncc(-c2cccc(CNC3CCN[C@H](C(=O)OC4CCCC4)C3)c2)nc1NCc1c(Cl)cccc1Cl. The number of benzene rings is 2. The summed E-state index contributed by atoms with van der Waals surface area (Å²) < 4.78 is 5.73. The van der Waals surface area contributed by atoms with E-state index in [9.17, 15) is 4.79 Å². The molecule has 10 heteroatoms. The summed E-state index contributed by atoms with van der Waals surface area (Å²) in [5, 5.41) is 11.3. The molecule has 1 unspecified atom stereocenters. The van der Waals surface area contributed by atoms with Crippen LogP contribution in [0.25, 0.3) is 11.3 Å². The summed E-state index contributed by atoms with van der Waals surface area (Å²) >= 11 is 12.6. The molecular formula is C29H34Cl2N6O2. The van der Waals surface area contributed by atoms with Gasteiger partial charge < -0.3 is 26.4 Å². The maximum absolute atomic E-state index is 12.6. The normalized spacial score (nSPS) is 19.6. The fraction of sp³-hybridized carbons (Fsp3) is 0.414. The first-order valence-electron chi connectivity index (χ1n) is 13.5. The maximum atomic E-state index is 12.6. The number of piperidine rings is 1. The Bertz CT molecular complexity index is 1280. The number of nitrogens with zero attached hydrogens (tertiary/aromatic N) is 2. The van der Waals surface area contributed by atoms with Crippen molar-refractivity contribution in [3.63, 3.8) is 0 Å². The van der Waals surface area contributed by atoms with E-state index in [4.69, 9.17) is 38.7 Å². The molecule has 2 aromatic carbocycles. The zero-order chi connectivity index (χ0) is 27.2. The molecule has 2 atom stereocenters. The molecule has 2 aliphatic rings. The van der Waals surface area contributed by atoms with Crippen molar-refractivity contribution in [2.75, 3.05) is 17.6 Å². The number of nitrogens with two attached hydrogens (primary N) is 1. The Morgan fingerprint density at radius 2 is 1.85 bits per heavy atom. The highest BCUT2D eigenvalue weighted by Gasteiger charge is 2.30. The standard InChI is InChI=1S/C29H34Cl2N6O2/c30-23-9-4-10-24(31)22(23)16-36-28-27(32)35-17-26(37-28)19-6-3-5-18(13-19)15-34-20-11-12-33-25(14-20)29(38)39-21-7-1-2-8-21/h3-6,9-10,13,17,20-21,25,33-34H,1-2,7-8,11-12,14-16H2,(H2,32,35)(H,36,37)/t20?,25-/m0/s1. The molecular weight excluding hydrogens is 535 g/mol. The Morgan fingerprint density at radius 1 is 1.08 bits per heavy atom. The minimum atomic E-state index is -0.250. The highest BCUT2D eigenvalue weighted by atomic mass is 35.5. The number of hydrogen-bond donors (Lipinski definition) is 4. The molecule has 206 valence electrons. The molecule has 5 N–H and O–H groups in total. The predicted octanol–water partition coefficient (Wildman–Crippen LogP) is 5.34. The monoisotopic (exact) mass is 568 g/mol. The van der Waals surface area contributed by atoms with Gasteiger partial charge in [-0.2, -0.15) is 0 Å². The molecule has 39 heavy (non-hydrogen) atoms. The van der Waals surface area contributed by atoms with Crippen LogP contribution in [0.1, 0.15) is 49.7 Å². The van der Waals surface area contributed by atoms with Gasteiger partial charge in [-0.1, -0.05) is 47.5 Å². The molecule has 3 aromatic rings. The molecule has 0 bridgehead atoms. The molecule has 2 heterocycles. The third kappa shape index (κ3) is 7.19. The largest absolute Gasteiger partial charge is 0.461 e. The van der Waals surface area contributed by atoms with Crippen LogP contribution in [0.3, 0.4) is 0 Å². The lowest BCUT2D eigenvalue weighted by Gasteiger charge is -2.30. The minimum Gasteiger partial charge on any atom is -0.461 e. The van der Waals surface area contributed by atoms with Gasteiger partial charge >= 0.3 is 5.97 Å². The average Bonchev–Trinajstić information content (AvgIpc) is 3.46. The van der Waals surface area contributed by atoms with Crippen LogP contribution in [0.5, 0.6) is 0 Å². The second-order valence-corrected chi connectivity index (χ2v) is 11.0. The fourth-order valence-corrected chi connectivity index (χ4v) is 5.71. The average molecular weight is 570 g/mol. The van der Waals surface area contributed by atoms with Gasteiger partial charge in [-0.15, -0.1) is 0 Å². The summed E-state index contributed by atoms with van der Waals surface area (Å²) in [4.78, 5) is 21.7. The van der Waals surface area contributed by atoms with Crippen LogP contribution in [0.2, 0.25) is 10.0 Å². The van der Waals surface area contributed by atoms with Crippen molar-refractivity contribution in [1.29, 1.82) is 0 Å². The highest BCUT2D eigenvalue weighted by molar-refractivity contribution is 6.36. The maximum Gasteiger partial charge on any atom is 0.323 e. The van der Waals surface area contributed by atoms with Gasteiger partial charge in [0.05, 0.1) is 11.9 Å². The van der Waals surface area contributed by atoms with Gasteiger partial charge in [-0.25, -0.2) is 9.97 Å². The number of halogens is 2. The molecule has 0 radical (unpaired) electrons. The van der Waals surface area contributed by atoms with Gasteiger partial charge in [-0.3, -0.25) is 4.79 Å². The molecule has 1 aromatic heterocycles. The Kier molecular flexibility index (Phi) is 9.19. The molecule has 5 rings (SSSR count). The van der Waals surface area contributed by atoms with Crippen molar-refractivity contribution >= 4 is 40.8 Å². The van der Waals surface area contributed by atoms with Crippen LogP contribution in [0.15, 0.2) is 48.7 Å². The summed E-state index contributed by atoms with van der Waals surface area (Å²) in [5.41, 5.74) is 9.62. The predicted molar refractivity (Wildman–Crippen MR) is 156 cm³/mol. The van der Waals surface area contributed by atoms with E-state index in [1.807, 2.05) is 12.1 Å². The van der Waals surface area contributed by atoms with Crippen molar-refractivity contribution in [3.05, 3.63) is 69.8 Å². The first-order valence-corrected chi connectivity index (χ1v) is 14.3. The van der Waals surface area contributed by atoms with E-state index in [2.05, 4.69) is 33.1 Å². The van der Waals surface area contributed by atoms with Crippen LogP contribution in [-0.4, -0.2) is 40.7 Å². The number of esters is 1. The van der Waals surface area contributed by atoms with Crippen molar-refractivity contribution < 1.29 is 9.53 Å². The third-order valence-electron chi connectivity index (χ3n) is 7.39. The lowest BCUT2D eigenvalue weighted by atomic mass is 9.99. The number of carbonyl (C=O) groups is 1. The number of ether oxygens (including phenoxy) is 1. The number of nitrogen functional groups attached to an aromatic ring is 1. The van der Waals surface area contributed by atoms with Gasteiger partial charge in [0, 0.05) is 40.3 Å². The summed E-state index contributed by atoms with van der Waals surface area (Å²) in [6, 6.07) is 13.5. The Labute approximate surface area is 239 Å². The molecule has 1 saturated carbocycles. The Morgan fingerprint density at radius 3 is 2.64 bits per heavy atom. The fourth-order valence-electron chi connectivity index (χ4n) is 5.18.